The molecule has 0 aromatic heterocycles. The molecule has 0 saturated heterocycles. The van der Waals surface area contributed by atoms with E-state index in [0.29, 0.717) is 0 Å². The minimum absolute atomic E-state index is 0.276. The number of rotatable bonds is 2. The summed E-state index contributed by atoms with van der Waals surface area (Å²) in [5.41, 5.74) is 0. The van der Waals surface area contributed by atoms with Gasteiger partial charge in [-0.2, -0.15) is 0 Å². The molecule has 0 aliphatic carbocycles. The van der Waals surface area contributed by atoms with Crippen LogP contribution in [0.5, 0.6) is 5.75 Å². The number of benzene rings is 2. The number of aromatic hydroxyl groups is 1. The lowest BCUT2D eigenvalue weighted by Gasteiger charge is -2.03. The van der Waals surface area contributed by atoms with Crippen molar-refractivity contribution in [3.63, 3.8) is 0 Å². The van der Waals surface area contributed by atoms with E-state index in [9.17, 15) is 0 Å². The molecule has 76 valence electrons. The molecule has 0 aliphatic rings. The largest absolute Gasteiger partial charge is 0.508 e. The normalized spacial score (nSPS) is 10.2. The zero-order valence-corrected chi connectivity index (χ0v) is 9.42. The van der Waals surface area contributed by atoms with Crippen LogP contribution in [0, 0.1) is 0 Å². The van der Waals surface area contributed by atoms with Gasteiger partial charge in [-0.1, -0.05) is 35.5 Å². The molecule has 0 spiro atoms. The fourth-order valence-electron chi connectivity index (χ4n) is 1.17. The van der Waals surface area contributed by atoms with Crippen molar-refractivity contribution in [2.45, 2.75) is 9.79 Å². The van der Waals surface area contributed by atoms with Crippen molar-refractivity contribution in [1.29, 1.82) is 0 Å². The summed E-state index contributed by atoms with van der Waals surface area (Å²) < 4.78 is 0. The molecule has 1 nitrogen and oxygen atoms in total. The molecule has 0 unspecified atom stereocenters. The second kappa shape index (κ2) is 4.60. The van der Waals surface area contributed by atoms with Crippen molar-refractivity contribution in [1.82, 2.24) is 0 Å². The lowest BCUT2D eigenvalue weighted by molar-refractivity contribution is 0.475. The molecule has 3 heteroatoms. The van der Waals surface area contributed by atoms with E-state index in [1.807, 2.05) is 36.4 Å². The SMILES string of the molecule is Oc1ccc(Sc2ccccc2Cl)cc1. The first-order valence-corrected chi connectivity index (χ1v) is 5.66. The average Bonchev–Trinajstić information content (AvgIpc) is 2.25. The van der Waals surface area contributed by atoms with Gasteiger partial charge in [0.1, 0.15) is 5.75 Å². The Labute approximate surface area is 97.7 Å². The summed E-state index contributed by atoms with van der Waals surface area (Å²) in [6, 6.07) is 14.8. The van der Waals surface area contributed by atoms with Gasteiger partial charge in [-0.3, -0.25) is 0 Å². The molecule has 0 saturated carbocycles. The summed E-state index contributed by atoms with van der Waals surface area (Å²) in [6.07, 6.45) is 0. The first kappa shape index (κ1) is 10.4. The van der Waals surface area contributed by atoms with Gasteiger partial charge in [0, 0.05) is 9.79 Å². The summed E-state index contributed by atoms with van der Waals surface area (Å²) in [7, 11) is 0. The smallest absolute Gasteiger partial charge is 0.115 e. The Morgan fingerprint density at radius 1 is 0.933 bits per heavy atom. The molecule has 1 N–H and O–H groups in total. The van der Waals surface area contributed by atoms with Crippen LogP contribution in [0.1, 0.15) is 0 Å². The fourth-order valence-corrected chi connectivity index (χ4v) is 2.26. The third-order valence-corrected chi connectivity index (χ3v) is 3.43. The van der Waals surface area contributed by atoms with Gasteiger partial charge in [0.05, 0.1) is 5.02 Å². The van der Waals surface area contributed by atoms with E-state index in [1.165, 1.54) is 0 Å². The van der Waals surface area contributed by atoms with Gasteiger partial charge in [-0.15, -0.1) is 0 Å². The highest BCUT2D eigenvalue weighted by atomic mass is 35.5. The van der Waals surface area contributed by atoms with E-state index in [4.69, 9.17) is 16.7 Å². The highest BCUT2D eigenvalue weighted by Gasteiger charge is 2.01. The second-order valence-corrected chi connectivity index (χ2v) is 4.55. The van der Waals surface area contributed by atoms with Crippen LogP contribution in [0.2, 0.25) is 5.02 Å². The van der Waals surface area contributed by atoms with Crippen LogP contribution in [0.4, 0.5) is 0 Å². The van der Waals surface area contributed by atoms with Crippen molar-refractivity contribution in [3.8, 4) is 5.75 Å². The Morgan fingerprint density at radius 2 is 1.60 bits per heavy atom. The number of phenols is 1. The van der Waals surface area contributed by atoms with Crippen molar-refractivity contribution < 1.29 is 5.11 Å². The van der Waals surface area contributed by atoms with E-state index in [0.717, 1.165) is 14.8 Å². The predicted molar refractivity (Wildman–Crippen MR) is 63.7 cm³/mol. The molecule has 2 aromatic carbocycles. The summed E-state index contributed by atoms with van der Waals surface area (Å²) in [4.78, 5) is 2.07. The van der Waals surface area contributed by atoms with Gasteiger partial charge in [0.25, 0.3) is 0 Å². The maximum absolute atomic E-state index is 9.14. The van der Waals surface area contributed by atoms with E-state index >= 15 is 0 Å². The Balaban J connectivity index is 2.22. The van der Waals surface area contributed by atoms with Crippen molar-refractivity contribution in [3.05, 3.63) is 53.6 Å². The Bertz CT molecular complexity index is 453. The van der Waals surface area contributed by atoms with Crippen molar-refractivity contribution >= 4 is 23.4 Å². The van der Waals surface area contributed by atoms with Gasteiger partial charge in [-0.25, -0.2) is 0 Å². The Morgan fingerprint density at radius 3 is 2.27 bits per heavy atom. The lowest BCUT2D eigenvalue weighted by Crippen LogP contribution is -1.74. The monoisotopic (exact) mass is 236 g/mol. The number of hydrogen-bond donors (Lipinski definition) is 1. The van der Waals surface area contributed by atoms with Crippen LogP contribution in [0.15, 0.2) is 58.3 Å². The third-order valence-electron chi connectivity index (χ3n) is 1.90. The molecule has 0 radical (unpaired) electrons. The van der Waals surface area contributed by atoms with Crippen LogP contribution < -0.4 is 0 Å². The van der Waals surface area contributed by atoms with E-state index < -0.39 is 0 Å². The van der Waals surface area contributed by atoms with Crippen LogP contribution in [-0.4, -0.2) is 5.11 Å². The van der Waals surface area contributed by atoms with Gasteiger partial charge >= 0.3 is 0 Å². The highest BCUT2D eigenvalue weighted by Crippen LogP contribution is 2.33. The average molecular weight is 237 g/mol. The van der Waals surface area contributed by atoms with Gasteiger partial charge in [0.15, 0.2) is 0 Å². The quantitative estimate of drug-likeness (QED) is 0.844. The van der Waals surface area contributed by atoms with Crippen LogP contribution in [-0.2, 0) is 0 Å². The molecular weight excluding hydrogens is 228 g/mol. The molecule has 0 aliphatic heterocycles. The van der Waals surface area contributed by atoms with Crippen molar-refractivity contribution in [2.24, 2.45) is 0 Å². The highest BCUT2D eigenvalue weighted by molar-refractivity contribution is 7.99. The number of hydrogen-bond acceptors (Lipinski definition) is 2. The predicted octanol–water partition coefficient (Wildman–Crippen LogP) is 4.20. The summed E-state index contributed by atoms with van der Waals surface area (Å²) in [6.45, 7) is 0. The summed E-state index contributed by atoms with van der Waals surface area (Å²) in [5, 5.41) is 9.89. The maximum atomic E-state index is 9.14. The molecule has 0 fully saturated rings. The fraction of sp³-hybridized carbons (Fsp3) is 0. The molecule has 2 aromatic rings. The van der Waals surface area contributed by atoms with Crippen molar-refractivity contribution in [2.75, 3.05) is 0 Å². The number of phenolic OH excluding ortho intramolecular Hbond substituents is 1. The minimum Gasteiger partial charge on any atom is -0.508 e. The molecule has 0 amide bonds. The minimum atomic E-state index is 0.276. The third kappa shape index (κ3) is 2.67. The zero-order valence-electron chi connectivity index (χ0n) is 7.85. The number of halogens is 1. The Hall–Kier alpha value is -1.12. The first-order valence-electron chi connectivity index (χ1n) is 4.47. The van der Waals surface area contributed by atoms with Gasteiger partial charge in [-0.05, 0) is 36.4 Å². The van der Waals surface area contributed by atoms with Crippen LogP contribution >= 0.6 is 23.4 Å². The topological polar surface area (TPSA) is 20.2 Å². The van der Waals surface area contributed by atoms with E-state index in [2.05, 4.69) is 0 Å². The molecule has 2 rings (SSSR count). The van der Waals surface area contributed by atoms with E-state index in [1.54, 1.807) is 23.9 Å². The Kier molecular flexibility index (Phi) is 3.19. The van der Waals surface area contributed by atoms with Gasteiger partial charge in [0.2, 0.25) is 0 Å². The van der Waals surface area contributed by atoms with E-state index in [-0.39, 0.29) is 5.75 Å². The first-order chi connectivity index (χ1) is 7.25. The molecule has 15 heavy (non-hydrogen) atoms. The molecule has 0 bridgehead atoms. The standard InChI is InChI=1S/C12H9ClOS/c13-11-3-1-2-4-12(11)15-10-7-5-9(14)6-8-10/h1-8,14H. The summed E-state index contributed by atoms with van der Waals surface area (Å²) >= 11 is 7.62. The van der Waals surface area contributed by atoms with Crippen LogP contribution in [0.3, 0.4) is 0 Å². The van der Waals surface area contributed by atoms with Gasteiger partial charge < -0.3 is 5.11 Å². The zero-order chi connectivity index (χ0) is 10.7. The molecule has 0 heterocycles. The van der Waals surface area contributed by atoms with Crippen LogP contribution in [0.25, 0.3) is 0 Å². The molecule has 0 atom stereocenters. The lowest BCUT2D eigenvalue weighted by atomic mass is 10.3. The molecular formula is C12H9ClOS. The second-order valence-electron chi connectivity index (χ2n) is 3.03. The summed E-state index contributed by atoms with van der Waals surface area (Å²) in [5.74, 6) is 0.276. The maximum Gasteiger partial charge on any atom is 0.115 e.